The Bertz CT molecular complexity index is 755. The van der Waals surface area contributed by atoms with Crippen LogP contribution >= 0.6 is 0 Å². The third kappa shape index (κ3) is 3.16. The zero-order chi connectivity index (χ0) is 17.1. The van der Waals surface area contributed by atoms with Gasteiger partial charge in [0.25, 0.3) is 5.91 Å². The van der Waals surface area contributed by atoms with Gasteiger partial charge in [0.05, 0.1) is 23.4 Å². The van der Waals surface area contributed by atoms with Gasteiger partial charge in [-0.2, -0.15) is 5.10 Å². The maximum atomic E-state index is 12.9. The van der Waals surface area contributed by atoms with Crippen molar-refractivity contribution in [3.8, 4) is 5.69 Å². The highest BCUT2D eigenvalue weighted by molar-refractivity contribution is 5.98. The van der Waals surface area contributed by atoms with E-state index in [1.54, 1.807) is 21.8 Å². The number of piperidine rings is 1. The molecule has 7 nitrogen and oxygen atoms in total. The van der Waals surface area contributed by atoms with Gasteiger partial charge in [0.15, 0.2) is 0 Å². The van der Waals surface area contributed by atoms with E-state index < -0.39 is 0 Å². The van der Waals surface area contributed by atoms with Crippen LogP contribution in [0.5, 0.6) is 0 Å². The van der Waals surface area contributed by atoms with Crippen LogP contribution in [0.3, 0.4) is 0 Å². The summed E-state index contributed by atoms with van der Waals surface area (Å²) in [6.07, 6.45) is 5.01. The lowest BCUT2D eigenvalue weighted by Gasteiger charge is -2.31. The number of hydrogen-bond acceptors (Lipinski definition) is 4. The van der Waals surface area contributed by atoms with Crippen LogP contribution in [0.1, 0.15) is 28.8 Å². The molecule has 1 aliphatic heterocycles. The molecule has 0 unspecified atom stereocenters. The Balaban J connectivity index is 1.89. The highest BCUT2D eigenvalue weighted by Gasteiger charge is 2.28. The van der Waals surface area contributed by atoms with E-state index in [9.17, 15) is 9.59 Å². The fraction of sp³-hybridized carbons (Fsp3) is 0.353. The molecule has 7 heteroatoms. The number of benzene rings is 1. The van der Waals surface area contributed by atoms with Gasteiger partial charge in [0.1, 0.15) is 0 Å². The van der Waals surface area contributed by atoms with E-state index in [0.29, 0.717) is 30.9 Å². The molecule has 0 bridgehead atoms. The third-order valence-corrected chi connectivity index (χ3v) is 4.36. The number of aromatic nitrogens is 2. The molecule has 1 fully saturated rings. The summed E-state index contributed by atoms with van der Waals surface area (Å²) in [5.74, 6) is -0.731. The minimum absolute atomic E-state index is 0.110. The zero-order valence-corrected chi connectivity index (χ0v) is 13.4. The van der Waals surface area contributed by atoms with Crippen molar-refractivity contribution in [2.75, 3.05) is 13.1 Å². The Morgan fingerprint density at radius 1 is 1.29 bits per heavy atom. The fourth-order valence-corrected chi connectivity index (χ4v) is 3.02. The first kappa shape index (κ1) is 16.2. The first-order valence-electron chi connectivity index (χ1n) is 8.01. The summed E-state index contributed by atoms with van der Waals surface area (Å²) in [4.78, 5) is 26.1. The summed E-state index contributed by atoms with van der Waals surface area (Å²) < 4.78 is 1.66. The Labute approximate surface area is 140 Å². The van der Waals surface area contributed by atoms with Gasteiger partial charge in [-0.3, -0.25) is 9.59 Å². The smallest absolute Gasteiger partial charge is 0.256 e. The number of amides is 2. The lowest BCUT2D eigenvalue weighted by atomic mass is 9.96. The Hall–Kier alpha value is -2.67. The van der Waals surface area contributed by atoms with Gasteiger partial charge in [0, 0.05) is 31.4 Å². The Kier molecular flexibility index (Phi) is 4.61. The molecule has 2 amide bonds. The molecule has 24 heavy (non-hydrogen) atoms. The van der Waals surface area contributed by atoms with E-state index in [2.05, 4.69) is 5.10 Å². The number of hydrogen-bond donors (Lipinski definition) is 2. The number of para-hydroxylation sites is 1. The molecule has 2 aromatic rings. The Morgan fingerprint density at radius 3 is 2.79 bits per heavy atom. The largest absolute Gasteiger partial charge is 0.369 e. The molecular weight excluding hydrogens is 306 g/mol. The van der Waals surface area contributed by atoms with Gasteiger partial charge < -0.3 is 16.4 Å². The number of carbonyl (C=O) groups excluding carboxylic acids is 2. The molecule has 2 heterocycles. The number of primary amides is 1. The summed E-state index contributed by atoms with van der Waals surface area (Å²) >= 11 is 0. The van der Waals surface area contributed by atoms with E-state index in [0.717, 1.165) is 18.4 Å². The van der Waals surface area contributed by atoms with Crippen LogP contribution < -0.4 is 11.5 Å². The maximum Gasteiger partial charge on any atom is 0.256 e. The Morgan fingerprint density at radius 2 is 2.08 bits per heavy atom. The first-order chi connectivity index (χ1) is 11.6. The molecule has 126 valence electrons. The maximum absolute atomic E-state index is 12.9. The number of nitrogens with zero attached hydrogens (tertiary/aromatic N) is 3. The summed E-state index contributed by atoms with van der Waals surface area (Å²) in [6.45, 7) is 1.39. The molecule has 0 radical (unpaired) electrons. The predicted octanol–water partition coefficient (Wildman–Crippen LogP) is 0.669. The average Bonchev–Trinajstić information content (AvgIpc) is 3.10. The SMILES string of the molecule is NCc1cnn(-c2ccccc2C(=O)N2CCC[C@@H](C(N)=O)C2)c1. The highest BCUT2D eigenvalue weighted by Crippen LogP contribution is 2.21. The first-order valence-corrected chi connectivity index (χ1v) is 8.01. The van der Waals surface area contributed by atoms with Crippen molar-refractivity contribution in [1.82, 2.24) is 14.7 Å². The molecule has 4 N–H and O–H groups in total. The van der Waals surface area contributed by atoms with E-state index >= 15 is 0 Å². The normalized spacial score (nSPS) is 17.7. The van der Waals surface area contributed by atoms with Crippen molar-refractivity contribution in [3.63, 3.8) is 0 Å². The van der Waals surface area contributed by atoms with Crippen LogP contribution in [0.25, 0.3) is 5.69 Å². The molecule has 1 atom stereocenters. The van der Waals surface area contributed by atoms with Crippen LogP contribution in [0.2, 0.25) is 0 Å². The molecule has 1 saturated heterocycles. The summed E-state index contributed by atoms with van der Waals surface area (Å²) in [7, 11) is 0. The summed E-state index contributed by atoms with van der Waals surface area (Å²) in [6, 6.07) is 7.29. The molecule has 1 aliphatic rings. The van der Waals surface area contributed by atoms with Crippen molar-refractivity contribution < 1.29 is 9.59 Å². The van der Waals surface area contributed by atoms with Crippen LogP contribution in [-0.2, 0) is 11.3 Å². The van der Waals surface area contributed by atoms with E-state index in [1.165, 1.54) is 0 Å². The zero-order valence-electron chi connectivity index (χ0n) is 13.4. The molecule has 0 saturated carbocycles. The molecular formula is C17H21N5O2. The fourth-order valence-electron chi connectivity index (χ4n) is 3.02. The van der Waals surface area contributed by atoms with E-state index in [1.807, 2.05) is 24.4 Å². The van der Waals surface area contributed by atoms with Gasteiger partial charge >= 0.3 is 0 Å². The minimum atomic E-state index is -0.347. The van der Waals surface area contributed by atoms with Crippen molar-refractivity contribution in [1.29, 1.82) is 0 Å². The molecule has 1 aromatic carbocycles. The van der Waals surface area contributed by atoms with Gasteiger partial charge in [-0.25, -0.2) is 4.68 Å². The van der Waals surface area contributed by atoms with Crippen LogP contribution in [-0.4, -0.2) is 39.6 Å². The number of likely N-dealkylation sites (tertiary alicyclic amines) is 1. The second-order valence-corrected chi connectivity index (χ2v) is 6.01. The molecule has 0 aliphatic carbocycles. The highest BCUT2D eigenvalue weighted by atomic mass is 16.2. The number of nitrogens with two attached hydrogens (primary N) is 2. The monoisotopic (exact) mass is 327 g/mol. The van der Waals surface area contributed by atoms with Crippen molar-refractivity contribution >= 4 is 11.8 Å². The van der Waals surface area contributed by atoms with Crippen LogP contribution in [0, 0.1) is 5.92 Å². The van der Waals surface area contributed by atoms with E-state index in [-0.39, 0.29) is 17.7 Å². The topological polar surface area (TPSA) is 107 Å². The summed E-state index contributed by atoms with van der Waals surface area (Å²) in [5, 5.41) is 4.28. The van der Waals surface area contributed by atoms with Gasteiger partial charge in [0.2, 0.25) is 5.91 Å². The van der Waals surface area contributed by atoms with Gasteiger partial charge in [-0.05, 0) is 25.0 Å². The number of rotatable bonds is 4. The van der Waals surface area contributed by atoms with Crippen molar-refractivity contribution in [2.45, 2.75) is 19.4 Å². The molecule has 1 aromatic heterocycles. The lowest BCUT2D eigenvalue weighted by Crippen LogP contribution is -2.44. The van der Waals surface area contributed by atoms with Crippen molar-refractivity contribution in [3.05, 3.63) is 47.8 Å². The minimum Gasteiger partial charge on any atom is -0.369 e. The predicted molar refractivity (Wildman–Crippen MR) is 89.3 cm³/mol. The quantitative estimate of drug-likeness (QED) is 0.860. The van der Waals surface area contributed by atoms with Crippen LogP contribution in [0.4, 0.5) is 0 Å². The second kappa shape index (κ2) is 6.84. The van der Waals surface area contributed by atoms with Crippen molar-refractivity contribution in [2.24, 2.45) is 17.4 Å². The average molecular weight is 327 g/mol. The second-order valence-electron chi connectivity index (χ2n) is 6.01. The standard InChI is InChI=1S/C17H21N5O2/c18-8-12-9-20-22(10-12)15-6-2-1-5-14(15)17(24)21-7-3-4-13(11-21)16(19)23/h1-2,5-6,9-10,13H,3-4,7-8,11,18H2,(H2,19,23)/t13-/m1/s1. The molecule has 3 rings (SSSR count). The van der Waals surface area contributed by atoms with E-state index in [4.69, 9.17) is 11.5 Å². The molecule has 0 spiro atoms. The number of carbonyl (C=O) groups is 2. The lowest BCUT2D eigenvalue weighted by molar-refractivity contribution is -0.123. The van der Waals surface area contributed by atoms with Crippen LogP contribution in [0.15, 0.2) is 36.7 Å². The van der Waals surface area contributed by atoms with Gasteiger partial charge in [-0.1, -0.05) is 12.1 Å². The van der Waals surface area contributed by atoms with Gasteiger partial charge in [-0.15, -0.1) is 0 Å². The third-order valence-electron chi connectivity index (χ3n) is 4.36. The summed E-state index contributed by atoms with van der Waals surface area (Å²) in [5.41, 5.74) is 13.2.